The zero-order valence-electron chi connectivity index (χ0n) is 14.8. The molecule has 0 saturated carbocycles. The minimum Gasteiger partial charge on any atom is -0.319 e. The molecule has 8 heteroatoms. The molecule has 3 rings (SSSR count). The van der Waals surface area contributed by atoms with Crippen molar-refractivity contribution in [3.8, 4) is 12.1 Å². The summed E-state index contributed by atoms with van der Waals surface area (Å²) in [6, 6.07) is 10.7. The number of nitrogens with one attached hydrogen (secondary N) is 1. The summed E-state index contributed by atoms with van der Waals surface area (Å²) in [5, 5.41) is 21.7. The van der Waals surface area contributed by atoms with Crippen LogP contribution in [0.5, 0.6) is 0 Å². The first kappa shape index (κ1) is 18.7. The van der Waals surface area contributed by atoms with Crippen LogP contribution in [-0.4, -0.2) is 34.9 Å². The van der Waals surface area contributed by atoms with E-state index < -0.39 is 17.2 Å². The number of thioether (sulfide) groups is 1. The second-order valence-corrected chi connectivity index (χ2v) is 7.85. The summed E-state index contributed by atoms with van der Waals surface area (Å²) in [6.45, 7) is 3.52. The fourth-order valence-electron chi connectivity index (χ4n) is 3.22. The van der Waals surface area contributed by atoms with E-state index in [9.17, 15) is 24.9 Å². The highest BCUT2D eigenvalue weighted by Gasteiger charge is 2.44. The van der Waals surface area contributed by atoms with Crippen LogP contribution in [0.3, 0.4) is 0 Å². The number of carbonyl (C=O) groups is 3. The monoisotopic (exact) mass is 380 g/mol. The van der Waals surface area contributed by atoms with Crippen LogP contribution < -0.4 is 5.32 Å². The Morgan fingerprint density at radius 1 is 1.15 bits per heavy atom. The summed E-state index contributed by atoms with van der Waals surface area (Å²) < 4.78 is 0. The van der Waals surface area contributed by atoms with Crippen LogP contribution in [0.1, 0.15) is 34.6 Å². The fraction of sp³-hybridized carbons (Fsp3) is 0.316. The van der Waals surface area contributed by atoms with E-state index >= 15 is 0 Å². The molecule has 0 spiro atoms. The Balaban J connectivity index is 1.74. The smallest absolute Gasteiger partial charge is 0.261 e. The van der Waals surface area contributed by atoms with Gasteiger partial charge in [0.1, 0.15) is 5.92 Å². The molecule has 27 heavy (non-hydrogen) atoms. The topological polar surface area (TPSA) is 114 Å². The minimum absolute atomic E-state index is 0.150. The van der Waals surface area contributed by atoms with Gasteiger partial charge in [-0.2, -0.15) is 10.5 Å². The molecule has 0 bridgehead atoms. The van der Waals surface area contributed by atoms with Crippen molar-refractivity contribution in [2.75, 3.05) is 12.3 Å². The number of carbonyl (C=O) groups excluding carboxylic acids is 3. The summed E-state index contributed by atoms with van der Waals surface area (Å²) >= 11 is 1.19. The highest BCUT2D eigenvalue weighted by atomic mass is 32.2. The number of rotatable bonds is 4. The van der Waals surface area contributed by atoms with Gasteiger partial charge in [-0.25, -0.2) is 0 Å². The largest absolute Gasteiger partial charge is 0.319 e. The molecule has 0 aliphatic carbocycles. The van der Waals surface area contributed by atoms with E-state index in [4.69, 9.17) is 0 Å². The molecule has 136 valence electrons. The van der Waals surface area contributed by atoms with Crippen molar-refractivity contribution in [3.05, 3.63) is 46.0 Å². The summed E-state index contributed by atoms with van der Waals surface area (Å²) in [7, 11) is 0. The Hall–Kier alpha value is -3.10. The van der Waals surface area contributed by atoms with Gasteiger partial charge in [-0.15, -0.1) is 11.8 Å². The highest BCUT2D eigenvalue weighted by molar-refractivity contribution is 8.03. The summed E-state index contributed by atoms with van der Waals surface area (Å²) in [5.74, 6) is -1.77. The van der Waals surface area contributed by atoms with Gasteiger partial charge in [0, 0.05) is 17.7 Å². The van der Waals surface area contributed by atoms with Crippen molar-refractivity contribution in [1.29, 1.82) is 10.5 Å². The lowest BCUT2D eigenvalue weighted by Crippen LogP contribution is -2.44. The van der Waals surface area contributed by atoms with Crippen LogP contribution in [0.4, 0.5) is 0 Å². The molecule has 1 N–H and O–H groups in total. The van der Waals surface area contributed by atoms with Gasteiger partial charge in [-0.1, -0.05) is 26.0 Å². The van der Waals surface area contributed by atoms with E-state index in [2.05, 4.69) is 11.4 Å². The van der Waals surface area contributed by atoms with Gasteiger partial charge in [-0.3, -0.25) is 19.3 Å². The molecule has 0 unspecified atom stereocenters. The number of nitrogens with zero attached hydrogens (tertiary/aromatic N) is 3. The molecule has 0 saturated heterocycles. The lowest BCUT2D eigenvalue weighted by Gasteiger charge is -2.34. The van der Waals surface area contributed by atoms with Crippen molar-refractivity contribution in [3.63, 3.8) is 0 Å². The Morgan fingerprint density at radius 3 is 2.26 bits per heavy atom. The van der Waals surface area contributed by atoms with Crippen molar-refractivity contribution < 1.29 is 14.4 Å². The predicted molar refractivity (Wildman–Crippen MR) is 97.9 cm³/mol. The van der Waals surface area contributed by atoms with Crippen LogP contribution >= 0.6 is 11.8 Å². The first-order valence-corrected chi connectivity index (χ1v) is 9.24. The molecule has 2 aliphatic heterocycles. The quantitative estimate of drug-likeness (QED) is 0.800. The average molecular weight is 380 g/mol. The maximum Gasteiger partial charge on any atom is 0.261 e. The molecule has 1 aromatic carbocycles. The van der Waals surface area contributed by atoms with Crippen LogP contribution in [0.25, 0.3) is 0 Å². The Bertz CT molecular complexity index is 933. The van der Waals surface area contributed by atoms with E-state index in [1.807, 2.05) is 6.07 Å². The lowest BCUT2D eigenvalue weighted by atomic mass is 9.72. The summed E-state index contributed by atoms with van der Waals surface area (Å²) in [5.41, 5.74) is 0.173. The standard InChI is InChI=1S/C19H16N4O3S/c1-19(2)13(9-20)15(24)22-16(14(19)10-21)27-8-7-23-17(25)11-5-3-4-6-12(11)18(23)26/h3-6,13H,7-8H2,1-2H3,(H,22,24)/t13-/m1/s1. The summed E-state index contributed by atoms with van der Waals surface area (Å²) in [6.07, 6.45) is 0. The number of hydrogen-bond acceptors (Lipinski definition) is 6. The Morgan fingerprint density at radius 2 is 1.74 bits per heavy atom. The zero-order valence-corrected chi connectivity index (χ0v) is 15.6. The van der Waals surface area contributed by atoms with Gasteiger partial charge < -0.3 is 5.32 Å². The molecule has 2 heterocycles. The third-order valence-electron chi connectivity index (χ3n) is 4.77. The van der Waals surface area contributed by atoms with Crippen LogP contribution in [0, 0.1) is 34.0 Å². The number of hydrogen-bond donors (Lipinski definition) is 1. The molecule has 7 nitrogen and oxygen atoms in total. The minimum atomic E-state index is -0.951. The molecule has 3 amide bonds. The second kappa shape index (κ2) is 6.90. The number of allylic oxidation sites excluding steroid dienone is 1. The zero-order chi connectivity index (χ0) is 19.8. The van der Waals surface area contributed by atoms with Crippen LogP contribution in [0.15, 0.2) is 34.9 Å². The van der Waals surface area contributed by atoms with Crippen molar-refractivity contribution in [2.24, 2.45) is 11.3 Å². The van der Waals surface area contributed by atoms with E-state index in [0.29, 0.717) is 27.5 Å². The van der Waals surface area contributed by atoms with E-state index in [0.717, 1.165) is 4.90 Å². The molecular weight excluding hydrogens is 364 g/mol. The van der Waals surface area contributed by atoms with Gasteiger partial charge in [0.25, 0.3) is 11.8 Å². The molecule has 0 fully saturated rings. The Kier molecular flexibility index (Phi) is 4.77. The highest BCUT2D eigenvalue weighted by Crippen LogP contribution is 2.41. The third kappa shape index (κ3) is 2.98. The van der Waals surface area contributed by atoms with E-state index in [-0.39, 0.29) is 18.4 Å². The molecule has 0 aromatic heterocycles. The van der Waals surface area contributed by atoms with E-state index in [1.165, 1.54) is 11.8 Å². The van der Waals surface area contributed by atoms with Crippen LogP contribution in [-0.2, 0) is 4.79 Å². The van der Waals surface area contributed by atoms with Crippen molar-refractivity contribution in [1.82, 2.24) is 10.2 Å². The SMILES string of the molecule is CC1(C)C(C#N)=C(SCCN2C(=O)c3ccccc3C2=O)NC(=O)[C@H]1C#N. The second-order valence-electron chi connectivity index (χ2n) is 6.74. The normalized spacial score (nSPS) is 20.8. The Labute approximate surface area is 160 Å². The first-order chi connectivity index (χ1) is 12.8. The molecular formula is C19H16N4O3S. The third-order valence-corrected chi connectivity index (χ3v) is 5.75. The maximum atomic E-state index is 12.4. The average Bonchev–Trinajstić information content (AvgIpc) is 2.86. The van der Waals surface area contributed by atoms with Gasteiger partial charge in [0.05, 0.1) is 33.9 Å². The van der Waals surface area contributed by atoms with Crippen molar-refractivity contribution >= 4 is 29.5 Å². The molecule has 1 atom stereocenters. The van der Waals surface area contributed by atoms with Crippen LogP contribution in [0.2, 0.25) is 0 Å². The van der Waals surface area contributed by atoms with Gasteiger partial charge >= 0.3 is 0 Å². The maximum absolute atomic E-state index is 12.4. The van der Waals surface area contributed by atoms with Gasteiger partial charge in [0.15, 0.2) is 0 Å². The lowest BCUT2D eigenvalue weighted by molar-refractivity contribution is -0.125. The van der Waals surface area contributed by atoms with Crippen molar-refractivity contribution in [2.45, 2.75) is 13.8 Å². The summed E-state index contributed by atoms with van der Waals surface area (Å²) in [4.78, 5) is 38.1. The van der Waals surface area contributed by atoms with E-state index in [1.54, 1.807) is 38.1 Å². The number of fused-ring (bicyclic) bond motifs is 1. The molecule has 2 aliphatic rings. The van der Waals surface area contributed by atoms with Gasteiger partial charge in [0.2, 0.25) is 5.91 Å². The number of imide groups is 1. The number of nitriles is 2. The molecule has 1 aromatic rings. The fourth-order valence-corrected chi connectivity index (χ4v) is 4.32. The number of amides is 3. The van der Waals surface area contributed by atoms with Gasteiger partial charge in [-0.05, 0) is 12.1 Å². The number of benzene rings is 1. The predicted octanol–water partition coefficient (Wildman–Crippen LogP) is 2.05. The first-order valence-electron chi connectivity index (χ1n) is 8.26. The molecule has 0 radical (unpaired) electrons.